The van der Waals surface area contributed by atoms with Crippen LogP contribution in [0.3, 0.4) is 0 Å². The SMILES string of the molecule is CCCCCCCC1CCC(C2CCC(C3(C#N)CCC(CCC)CC3)CC2)CC1. The summed E-state index contributed by atoms with van der Waals surface area (Å²) in [5.41, 5.74) is 0.0463. The number of hydrogen-bond acceptors (Lipinski definition) is 1. The molecule has 1 heteroatoms. The first kappa shape index (κ1) is 24.1. The molecule has 1 nitrogen and oxygen atoms in total. The van der Waals surface area contributed by atoms with E-state index >= 15 is 0 Å². The Labute approximate surface area is 188 Å². The summed E-state index contributed by atoms with van der Waals surface area (Å²) in [6.45, 7) is 4.63. The van der Waals surface area contributed by atoms with Gasteiger partial charge in [0.25, 0.3) is 0 Å². The Hall–Kier alpha value is -0.510. The Morgan fingerprint density at radius 2 is 1.20 bits per heavy atom. The van der Waals surface area contributed by atoms with E-state index in [-0.39, 0.29) is 5.41 Å². The van der Waals surface area contributed by atoms with Crippen LogP contribution in [0.2, 0.25) is 0 Å². The summed E-state index contributed by atoms with van der Waals surface area (Å²) in [6.07, 6.45) is 28.1. The molecule has 0 amide bonds. The van der Waals surface area contributed by atoms with Crippen molar-refractivity contribution in [3.63, 3.8) is 0 Å². The van der Waals surface area contributed by atoms with Crippen LogP contribution < -0.4 is 0 Å². The summed E-state index contributed by atoms with van der Waals surface area (Å²) < 4.78 is 0. The normalized spacial score (nSPS) is 37.6. The van der Waals surface area contributed by atoms with Crippen molar-refractivity contribution in [3.05, 3.63) is 0 Å². The van der Waals surface area contributed by atoms with Crippen molar-refractivity contribution in [1.29, 1.82) is 5.26 Å². The summed E-state index contributed by atoms with van der Waals surface area (Å²) >= 11 is 0. The topological polar surface area (TPSA) is 23.8 Å². The highest BCUT2D eigenvalue weighted by molar-refractivity contribution is 5.06. The highest BCUT2D eigenvalue weighted by atomic mass is 14.5. The maximum Gasteiger partial charge on any atom is 0.0692 e. The fourth-order valence-electron chi connectivity index (χ4n) is 7.63. The smallest absolute Gasteiger partial charge is 0.0692 e. The van der Waals surface area contributed by atoms with E-state index in [1.807, 2.05) is 0 Å². The van der Waals surface area contributed by atoms with Crippen molar-refractivity contribution in [2.45, 2.75) is 142 Å². The van der Waals surface area contributed by atoms with E-state index in [0.29, 0.717) is 5.92 Å². The molecule has 0 aliphatic heterocycles. The van der Waals surface area contributed by atoms with E-state index in [4.69, 9.17) is 0 Å². The van der Waals surface area contributed by atoms with Gasteiger partial charge in [0.05, 0.1) is 11.5 Å². The molecule has 3 aliphatic rings. The predicted molar refractivity (Wildman–Crippen MR) is 129 cm³/mol. The fourth-order valence-corrected chi connectivity index (χ4v) is 7.63. The van der Waals surface area contributed by atoms with Crippen LogP contribution in [-0.4, -0.2) is 0 Å². The van der Waals surface area contributed by atoms with E-state index in [2.05, 4.69) is 19.9 Å². The van der Waals surface area contributed by atoms with Gasteiger partial charge in [-0.25, -0.2) is 0 Å². The van der Waals surface area contributed by atoms with Gasteiger partial charge in [-0.15, -0.1) is 0 Å². The first-order chi connectivity index (χ1) is 14.7. The second-order valence-electron chi connectivity index (χ2n) is 11.6. The van der Waals surface area contributed by atoms with Crippen molar-refractivity contribution in [3.8, 4) is 6.07 Å². The van der Waals surface area contributed by atoms with Crippen molar-refractivity contribution in [2.75, 3.05) is 0 Å². The summed E-state index contributed by atoms with van der Waals surface area (Å²) in [4.78, 5) is 0. The molecular weight excluding hydrogens is 362 g/mol. The number of unbranched alkanes of at least 4 members (excludes halogenated alkanes) is 4. The van der Waals surface area contributed by atoms with Crippen molar-refractivity contribution in [2.24, 2.45) is 35.0 Å². The first-order valence-corrected chi connectivity index (χ1v) is 14.1. The van der Waals surface area contributed by atoms with E-state index in [9.17, 15) is 5.26 Å². The summed E-state index contributed by atoms with van der Waals surface area (Å²) in [6, 6.07) is 2.88. The average molecular weight is 414 g/mol. The molecule has 3 saturated carbocycles. The van der Waals surface area contributed by atoms with Gasteiger partial charge in [0.2, 0.25) is 0 Å². The molecule has 0 spiro atoms. The van der Waals surface area contributed by atoms with Crippen LogP contribution >= 0.6 is 0 Å². The molecule has 0 aromatic heterocycles. The zero-order valence-electron chi connectivity index (χ0n) is 20.5. The molecule has 0 atom stereocenters. The van der Waals surface area contributed by atoms with Gasteiger partial charge in [-0.05, 0) is 93.8 Å². The minimum absolute atomic E-state index is 0.0463. The lowest BCUT2D eigenvalue weighted by Crippen LogP contribution is -2.37. The van der Waals surface area contributed by atoms with Crippen molar-refractivity contribution < 1.29 is 0 Å². The molecule has 3 rings (SSSR count). The predicted octanol–water partition coefficient (Wildman–Crippen LogP) is 9.46. The largest absolute Gasteiger partial charge is 0.198 e. The Morgan fingerprint density at radius 1 is 0.633 bits per heavy atom. The number of hydrogen-bond donors (Lipinski definition) is 0. The van der Waals surface area contributed by atoms with Gasteiger partial charge >= 0.3 is 0 Å². The number of rotatable bonds is 10. The monoisotopic (exact) mass is 413 g/mol. The quantitative estimate of drug-likeness (QED) is 0.327. The molecule has 30 heavy (non-hydrogen) atoms. The second kappa shape index (κ2) is 12.5. The lowest BCUT2D eigenvalue weighted by Gasteiger charge is -2.45. The Kier molecular flexibility index (Phi) is 10.1. The van der Waals surface area contributed by atoms with Gasteiger partial charge in [0.1, 0.15) is 0 Å². The Morgan fingerprint density at radius 3 is 1.77 bits per heavy atom. The molecular formula is C29H51N. The molecule has 0 unspecified atom stereocenters. The minimum Gasteiger partial charge on any atom is -0.198 e. The summed E-state index contributed by atoms with van der Waals surface area (Å²) in [5.74, 6) is 4.66. The number of nitriles is 1. The first-order valence-electron chi connectivity index (χ1n) is 14.1. The molecule has 0 radical (unpaired) electrons. The Bertz CT molecular complexity index is 493. The van der Waals surface area contributed by atoms with Gasteiger partial charge in [0, 0.05) is 0 Å². The van der Waals surface area contributed by atoms with Crippen LogP contribution in [0.25, 0.3) is 0 Å². The van der Waals surface area contributed by atoms with E-state index < -0.39 is 0 Å². The van der Waals surface area contributed by atoms with Gasteiger partial charge in [-0.3, -0.25) is 0 Å². The number of nitrogens with zero attached hydrogens (tertiary/aromatic N) is 1. The van der Waals surface area contributed by atoms with E-state index in [0.717, 1.165) is 23.7 Å². The van der Waals surface area contributed by atoms with Crippen LogP contribution in [-0.2, 0) is 0 Å². The molecule has 0 N–H and O–H groups in total. The Balaban J connectivity index is 1.36. The minimum atomic E-state index is 0.0463. The van der Waals surface area contributed by atoms with Crippen LogP contribution in [0.1, 0.15) is 142 Å². The van der Waals surface area contributed by atoms with Crippen molar-refractivity contribution in [1.82, 2.24) is 0 Å². The van der Waals surface area contributed by atoms with Gasteiger partial charge < -0.3 is 0 Å². The zero-order valence-corrected chi connectivity index (χ0v) is 20.5. The molecule has 0 aromatic carbocycles. The summed E-state index contributed by atoms with van der Waals surface area (Å²) in [7, 11) is 0. The highest BCUT2D eigenvalue weighted by Gasteiger charge is 2.44. The third-order valence-electron chi connectivity index (χ3n) is 9.74. The third-order valence-corrected chi connectivity index (χ3v) is 9.74. The van der Waals surface area contributed by atoms with Gasteiger partial charge in [0.15, 0.2) is 0 Å². The molecule has 0 bridgehead atoms. The molecule has 172 valence electrons. The summed E-state index contributed by atoms with van der Waals surface area (Å²) in [5, 5.41) is 10.1. The van der Waals surface area contributed by atoms with E-state index in [1.165, 1.54) is 128 Å². The lowest BCUT2D eigenvalue weighted by molar-refractivity contribution is 0.0649. The standard InChI is InChI=1S/C29H51N/c1-3-5-6-7-8-10-25-11-13-26(14-12-25)27-15-17-28(18-16-27)29(23-30)21-19-24(9-4-2)20-22-29/h24-28H,3-22H2,1-2H3. The van der Waals surface area contributed by atoms with E-state index in [1.54, 1.807) is 0 Å². The van der Waals surface area contributed by atoms with Gasteiger partial charge in [-0.1, -0.05) is 78.1 Å². The lowest BCUT2D eigenvalue weighted by atomic mass is 9.58. The molecule has 0 saturated heterocycles. The third kappa shape index (κ3) is 6.50. The maximum atomic E-state index is 10.1. The van der Waals surface area contributed by atoms with Crippen LogP contribution in [0, 0.1) is 46.3 Å². The van der Waals surface area contributed by atoms with Crippen LogP contribution in [0.4, 0.5) is 0 Å². The van der Waals surface area contributed by atoms with Gasteiger partial charge in [-0.2, -0.15) is 5.26 Å². The highest BCUT2D eigenvalue weighted by Crippen LogP contribution is 2.52. The second-order valence-corrected chi connectivity index (χ2v) is 11.6. The van der Waals surface area contributed by atoms with Crippen LogP contribution in [0.5, 0.6) is 0 Å². The molecule has 3 aliphatic carbocycles. The molecule has 3 fully saturated rings. The average Bonchev–Trinajstić information content (AvgIpc) is 2.80. The van der Waals surface area contributed by atoms with Crippen molar-refractivity contribution >= 4 is 0 Å². The maximum absolute atomic E-state index is 10.1. The molecule has 0 aromatic rings. The fraction of sp³-hybridized carbons (Fsp3) is 0.966. The zero-order chi connectivity index (χ0) is 21.2. The van der Waals surface area contributed by atoms with Crippen LogP contribution in [0.15, 0.2) is 0 Å². The molecule has 0 heterocycles.